The van der Waals surface area contributed by atoms with Gasteiger partial charge < -0.3 is 5.32 Å². The number of rotatable bonds is 2. The number of hydrogen-bond donors (Lipinski definition) is 1. The molecule has 0 bridgehead atoms. The lowest BCUT2D eigenvalue weighted by atomic mass is 9.84. The SMILES string of the molecule is O=C(N[C@@H]1CCCC[C@H]1C(F)(F)F)c1cc(Cl)ccc1Cl. The van der Waals surface area contributed by atoms with Gasteiger partial charge in [-0.05, 0) is 31.0 Å². The fourth-order valence-corrected chi connectivity index (χ4v) is 2.99. The van der Waals surface area contributed by atoms with Crippen LogP contribution >= 0.6 is 23.2 Å². The van der Waals surface area contributed by atoms with Crippen molar-refractivity contribution in [1.82, 2.24) is 5.32 Å². The zero-order valence-electron chi connectivity index (χ0n) is 11.0. The zero-order valence-corrected chi connectivity index (χ0v) is 12.5. The molecule has 21 heavy (non-hydrogen) atoms. The Balaban J connectivity index is 2.15. The molecule has 0 radical (unpaired) electrons. The maximum atomic E-state index is 13.0. The van der Waals surface area contributed by atoms with Crippen LogP contribution in [0.3, 0.4) is 0 Å². The first kappa shape index (κ1) is 16.4. The Bertz CT molecular complexity index is 533. The number of amides is 1. The summed E-state index contributed by atoms with van der Waals surface area (Å²) in [6.07, 6.45) is -2.77. The number of hydrogen-bond acceptors (Lipinski definition) is 1. The van der Waals surface area contributed by atoms with E-state index in [-0.39, 0.29) is 17.0 Å². The topological polar surface area (TPSA) is 29.1 Å². The van der Waals surface area contributed by atoms with E-state index in [0.717, 1.165) is 0 Å². The van der Waals surface area contributed by atoms with Gasteiger partial charge in [-0.1, -0.05) is 36.0 Å². The van der Waals surface area contributed by atoms with Gasteiger partial charge in [-0.2, -0.15) is 13.2 Å². The van der Waals surface area contributed by atoms with Crippen LogP contribution in [0, 0.1) is 5.92 Å². The summed E-state index contributed by atoms with van der Waals surface area (Å²) in [5, 5.41) is 2.93. The van der Waals surface area contributed by atoms with Crippen molar-refractivity contribution in [3.8, 4) is 0 Å². The molecule has 2 atom stereocenters. The van der Waals surface area contributed by atoms with E-state index in [9.17, 15) is 18.0 Å². The van der Waals surface area contributed by atoms with Gasteiger partial charge in [0.25, 0.3) is 5.91 Å². The second-order valence-electron chi connectivity index (χ2n) is 5.14. The van der Waals surface area contributed by atoms with Gasteiger partial charge in [0.15, 0.2) is 0 Å². The lowest BCUT2D eigenvalue weighted by Gasteiger charge is -2.33. The van der Waals surface area contributed by atoms with Crippen LogP contribution in [0.4, 0.5) is 13.2 Å². The second-order valence-corrected chi connectivity index (χ2v) is 5.98. The highest BCUT2D eigenvalue weighted by atomic mass is 35.5. The largest absolute Gasteiger partial charge is 0.393 e. The quantitative estimate of drug-likeness (QED) is 0.820. The van der Waals surface area contributed by atoms with Gasteiger partial charge in [-0.25, -0.2) is 0 Å². The molecule has 0 aliphatic heterocycles. The van der Waals surface area contributed by atoms with E-state index >= 15 is 0 Å². The maximum absolute atomic E-state index is 13.0. The van der Waals surface area contributed by atoms with Gasteiger partial charge in [-0.3, -0.25) is 4.79 Å². The van der Waals surface area contributed by atoms with Gasteiger partial charge >= 0.3 is 6.18 Å². The summed E-state index contributed by atoms with van der Waals surface area (Å²) < 4.78 is 39.0. The monoisotopic (exact) mass is 339 g/mol. The first-order valence-corrected chi connectivity index (χ1v) is 7.37. The molecule has 0 saturated heterocycles. The van der Waals surface area contributed by atoms with Crippen molar-refractivity contribution in [2.45, 2.75) is 37.9 Å². The average Bonchev–Trinajstić information content (AvgIpc) is 2.41. The highest BCUT2D eigenvalue weighted by Gasteiger charge is 2.46. The first-order valence-electron chi connectivity index (χ1n) is 6.61. The standard InChI is InChI=1S/C14H14Cl2F3NO/c15-8-5-6-11(16)9(7-8)13(21)20-12-4-2-1-3-10(12)14(17,18)19/h5-7,10,12H,1-4H2,(H,20,21)/t10-,12-/m1/s1. The molecule has 7 heteroatoms. The third kappa shape index (κ3) is 4.04. The van der Waals surface area contributed by atoms with E-state index in [1.54, 1.807) is 0 Å². The van der Waals surface area contributed by atoms with Crippen LogP contribution in [0.15, 0.2) is 18.2 Å². The molecule has 1 aliphatic rings. The Hall–Kier alpha value is -0.940. The fourth-order valence-electron chi connectivity index (χ4n) is 2.61. The van der Waals surface area contributed by atoms with E-state index in [4.69, 9.17) is 23.2 Å². The van der Waals surface area contributed by atoms with Gasteiger partial charge in [0, 0.05) is 11.1 Å². The van der Waals surface area contributed by atoms with E-state index in [0.29, 0.717) is 24.3 Å². The van der Waals surface area contributed by atoms with E-state index in [1.807, 2.05) is 0 Å². The van der Waals surface area contributed by atoms with Gasteiger partial charge in [0.05, 0.1) is 16.5 Å². The smallest absolute Gasteiger partial charge is 0.349 e. The Labute approximate surface area is 130 Å². The summed E-state index contributed by atoms with van der Waals surface area (Å²) >= 11 is 11.7. The number of carbonyl (C=O) groups excluding carboxylic acids is 1. The molecule has 0 spiro atoms. The lowest BCUT2D eigenvalue weighted by Crippen LogP contribution is -2.47. The van der Waals surface area contributed by atoms with E-state index < -0.39 is 24.0 Å². The van der Waals surface area contributed by atoms with Crippen molar-refractivity contribution < 1.29 is 18.0 Å². The molecule has 1 amide bonds. The van der Waals surface area contributed by atoms with Crippen molar-refractivity contribution >= 4 is 29.1 Å². The summed E-state index contributed by atoms with van der Waals surface area (Å²) in [4.78, 5) is 12.1. The van der Waals surface area contributed by atoms with Crippen LogP contribution in [0.1, 0.15) is 36.0 Å². The highest BCUT2D eigenvalue weighted by Crippen LogP contribution is 2.38. The Kier molecular flexibility index (Phi) is 5.04. The molecular weight excluding hydrogens is 326 g/mol. The number of nitrogens with one attached hydrogen (secondary N) is 1. The van der Waals surface area contributed by atoms with Crippen LogP contribution < -0.4 is 5.32 Å². The molecule has 0 heterocycles. The van der Waals surface area contributed by atoms with Gasteiger partial charge in [0.2, 0.25) is 0 Å². The predicted molar refractivity (Wildman–Crippen MR) is 75.7 cm³/mol. The molecule has 0 aromatic heterocycles. The molecule has 1 N–H and O–H groups in total. The fraction of sp³-hybridized carbons (Fsp3) is 0.500. The Morgan fingerprint density at radius 2 is 1.86 bits per heavy atom. The van der Waals surface area contributed by atoms with Crippen molar-refractivity contribution in [1.29, 1.82) is 0 Å². The summed E-state index contributed by atoms with van der Waals surface area (Å²) in [6.45, 7) is 0. The third-order valence-corrected chi connectivity index (χ3v) is 4.24. The minimum Gasteiger partial charge on any atom is -0.349 e. The van der Waals surface area contributed by atoms with Crippen molar-refractivity contribution in [3.05, 3.63) is 33.8 Å². The minimum atomic E-state index is -4.31. The molecule has 1 fully saturated rings. The maximum Gasteiger partial charge on any atom is 0.393 e. The number of halogens is 5. The van der Waals surface area contributed by atoms with Crippen LogP contribution in [-0.2, 0) is 0 Å². The zero-order chi connectivity index (χ0) is 15.6. The predicted octanol–water partition coefficient (Wildman–Crippen LogP) is 4.84. The van der Waals surface area contributed by atoms with Crippen LogP contribution in [0.2, 0.25) is 10.0 Å². The first-order chi connectivity index (χ1) is 9.79. The molecule has 1 aliphatic carbocycles. The normalized spacial score (nSPS) is 22.9. The Morgan fingerprint density at radius 1 is 1.19 bits per heavy atom. The molecule has 2 nitrogen and oxygen atoms in total. The molecule has 0 unspecified atom stereocenters. The van der Waals surface area contributed by atoms with Crippen LogP contribution in [0.5, 0.6) is 0 Å². The molecule has 116 valence electrons. The number of benzene rings is 1. The molecule has 1 aromatic rings. The second kappa shape index (κ2) is 6.44. The van der Waals surface area contributed by atoms with Crippen molar-refractivity contribution in [3.63, 3.8) is 0 Å². The van der Waals surface area contributed by atoms with Gasteiger partial charge in [0.1, 0.15) is 0 Å². The summed E-state index contributed by atoms with van der Waals surface area (Å²) in [7, 11) is 0. The minimum absolute atomic E-state index is 0.0394. The summed E-state index contributed by atoms with van der Waals surface area (Å²) in [5.41, 5.74) is 0.0932. The lowest BCUT2D eigenvalue weighted by molar-refractivity contribution is -0.187. The molecule has 1 aromatic carbocycles. The van der Waals surface area contributed by atoms with Crippen molar-refractivity contribution in [2.24, 2.45) is 5.92 Å². The van der Waals surface area contributed by atoms with E-state index in [1.165, 1.54) is 18.2 Å². The van der Waals surface area contributed by atoms with Crippen LogP contribution in [-0.4, -0.2) is 18.1 Å². The highest BCUT2D eigenvalue weighted by molar-refractivity contribution is 6.35. The molecule has 1 saturated carbocycles. The molecule has 2 rings (SSSR count). The van der Waals surface area contributed by atoms with Crippen molar-refractivity contribution in [2.75, 3.05) is 0 Å². The van der Waals surface area contributed by atoms with Gasteiger partial charge in [-0.15, -0.1) is 0 Å². The summed E-state index contributed by atoms with van der Waals surface area (Å²) in [6, 6.07) is 3.40. The Morgan fingerprint density at radius 3 is 2.52 bits per heavy atom. The van der Waals surface area contributed by atoms with Crippen LogP contribution in [0.25, 0.3) is 0 Å². The third-order valence-electron chi connectivity index (χ3n) is 3.68. The molecular formula is C14H14Cl2F3NO. The number of alkyl halides is 3. The van der Waals surface area contributed by atoms with E-state index in [2.05, 4.69) is 5.32 Å². The average molecular weight is 340 g/mol. The summed E-state index contributed by atoms with van der Waals surface area (Å²) in [5.74, 6) is -2.13. The number of carbonyl (C=O) groups is 1.